The second kappa shape index (κ2) is 3.50. The summed E-state index contributed by atoms with van der Waals surface area (Å²) in [6, 6.07) is 3.63. The Hall–Kier alpha value is -1.52. The summed E-state index contributed by atoms with van der Waals surface area (Å²) in [5.41, 5.74) is 0.727. The van der Waals surface area contributed by atoms with E-state index in [1.807, 2.05) is 0 Å². The monoisotopic (exact) mass is 229 g/mol. The van der Waals surface area contributed by atoms with E-state index in [1.54, 1.807) is 0 Å². The molecule has 5 heteroatoms. The molecule has 1 aliphatic rings. The van der Waals surface area contributed by atoms with Crippen molar-refractivity contribution in [2.75, 3.05) is 0 Å². The van der Waals surface area contributed by atoms with Crippen LogP contribution in [0.2, 0.25) is 0 Å². The first kappa shape index (κ1) is 11.0. The molecule has 0 aliphatic carbocycles. The molecule has 0 unspecified atom stereocenters. The Morgan fingerprint density at radius 2 is 1.88 bits per heavy atom. The van der Waals surface area contributed by atoms with Crippen LogP contribution >= 0.6 is 0 Å². The predicted octanol–water partition coefficient (Wildman–Crippen LogP) is 2.57. The van der Waals surface area contributed by atoms with Crippen molar-refractivity contribution in [3.05, 3.63) is 34.9 Å². The molecule has 1 aliphatic heterocycles. The third-order valence-electron chi connectivity index (χ3n) is 2.70. The molecule has 0 aromatic heterocycles. The highest BCUT2D eigenvalue weighted by molar-refractivity contribution is 5.74. The van der Waals surface area contributed by atoms with E-state index in [9.17, 15) is 18.0 Å². The largest absolute Gasteiger partial charge is 0.416 e. The molecule has 0 saturated carbocycles. The molecule has 1 heterocycles. The number of carbonyl (C=O) groups excluding carboxylic acids is 1. The van der Waals surface area contributed by atoms with Crippen LogP contribution in [0.3, 0.4) is 0 Å². The van der Waals surface area contributed by atoms with Crippen LogP contribution in [0.4, 0.5) is 13.2 Å². The van der Waals surface area contributed by atoms with Crippen molar-refractivity contribution in [3.63, 3.8) is 0 Å². The van der Waals surface area contributed by atoms with Gasteiger partial charge in [-0.25, -0.2) is 0 Å². The van der Waals surface area contributed by atoms with Crippen LogP contribution < -0.4 is 0 Å². The zero-order valence-corrected chi connectivity index (χ0v) is 8.64. The van der Waals surface area contributed by atoms with Gasteiger partial charge in [-0.2, -0.15) is 13.2 Å². The lowest BCUT2D eigenvalue weighted by Crippen LogP contribution is -2.21. The van der Waals surface area contributed by atoms with E-state index in [-0.39, 0.29) is 12.5 Å². The summed E-state index contributed by atoms with van der Waals surface area (Å²) in [5.74, 6) is -0.121. The number of fused-ring (bicyclic) bond motifs is 1. The molecule has 0 bridgehead atoms. The summed E-state index contributed by atoms with van der Waals surface area (Å²) in [4.78, 5) is 12.6. The van der Waals surface area contributed by atoms with E-state index in [1.165, 1.54) is 17.9 Å². The van der Waals surface area contributed by atoms with Gasteiger partial charge in [-0.05, 0) is 23.3 Å². The smallest absolute Gasteiger partial charge is 0.334 e. The van der Waals surface area contributed by atoms with Crippen LogP contribution in [0.1, 0.15) is 23.6 Å². The molecule has 0 spiro atoms. The fourth-order valence-corrected chi connectivity index (χ4v) is 1.79. The van der Waals surface area contributed by atoms with Gasteiger partial charge in [-0.15, -0.1) is 0 Å². The van der Waals surface area contributed by atoms with Crippen molar-refractivity contribution in [3.8, 4) is 0 Å². The maximum atomic E-state index is 12.4. The molecule has 0 fully saturated rings. The van der Waals surface area contributed by atoms with E-state index in [0.29, 0.717) is 12.1 Å². The minimum atomic E-state index is -4.32. The Morgan fingerprint density at radius 1 is 1.25 bits per heavy atom. The summed E-state index contributed by atoms with van der Waals surface area (Å²) < 4.78 is 37.3. The van der Waals surface area contributed by atoms with Gasteiger partial charge < -0.3 is 4.90 Å². The van der Waals surface area contributed by atoms with Crippen LogP contribution in [0.25, 0.3) is 0 Å². The number of amides is 1. The first-order valence-corrected chi connectivity index (χ1v) is 4.82. The Kier molecular flexibility index (Phi) is 2.40. The van der Waals surface area contributed by atoms with Crippen molar-refractivity contribution in [2.45, 2.75) is 26.2 Å². The fraction of sp³-hybridized carbons (Fsp3) is 0.364. The lowest BCUT2D eigenvalue weighted by Gasteiger charge is -2.11. The maximum Gasteiger partial charge on any atom is 0.416 e. The maximum absolute atomic E-state index is 12.4. The summed E-state index contributed by atoms with van der Waals surface area (Å²) in [5, 5.41) is 0. The minimum Gasteiger partial charge on any atom is -0.334 e. The molecule has 2 nitrogen and oxygen atoms in total. The molecular weight excluding hydrogens is 219 g/mol. The lowest BCUT2D eigenvalue weighted by molar-refractivity contribution is -0.137. The van der Waals surface area contributed by atoms with E-state index >= 15 is 0 Å². The number of nitrogens with zero attached hydrogens (tertiary/aromatic N) is 1. The molecule has 0 saturated heterocycles. The van der Waals surface area contributed by atoms with Crippen molar-refractivity contribution in [2.24, 2.45) is 0 Å². The third-order valence-corrected chi connectivity index (χ3v) is 2.70. The van der Waals surface area contributed by atoms with E-state index < -0.39 is 11.7 Å². The van der Waals surface area contributed by atoms with E-state index in [4.69, 9.17) is 0 Å². The van der Waals surface area contributed by atoms with Crippen LogP contribution in [-0.2, 0) is 24.1 Å². The average molecular weight is 229 g/mol. The Bertz CT molecular complexity index is 439. The number of halogens is 3. The standard InChI is InChI=1S/C11H10F3NO/c1-7(16)15-5-8-2-3-10(11(12,13)14)4-9(8)6-15/h2-4H,5-6H2,1H3. The van der Waals surface area contributed by atoms with Gasteiger partial charge in [-0.3, -0.25) is 4.79 Å². The summed E-state index contributed by atoms with van der Waals surface area (Å²) >= 11 is 0. The van der Waals surface area contributed by atoms with Crippen LogP contribution in [0.5, 0.6) is 0 Å². The van der Waals surface area contributed by atoms with Gasteiger partial charge in [0, 0.05) is 20.0 Å². The first-order valence-electron chi connectivity index (χ1n) is 4.82. The Balaban J connectivity index is 2.31. The van der Waals surface area contributed by atoms with Crippen molar-refractivity contribution < 1.29 is 18.0 Å². The Labute approximate surface area is 90.7 Å². The quantitative estimate of drug-likeness (QED) is 0.669. The highest BCUT2D eigenvalue weighted by atomic mass is 19.4. The van der Waals surface area contributed by atoms with Gasteiger partial charge in [0.2, 0.25) is 5.91 Å². The van der Waals surface area contributed by atoms with Crippen molar-refractivity contribution in [1.29, 1.82) is 0 Å². The predicted molar refractivity (Wildman–Crippen MR) is 51.4 cm³/mol. The van der Waals surface area contributed by atoms with Gasteiger partial charge in [0.1, 0.15) is 0 Å². The molecule has 0 radical (unpaired) electrons. The zero-order chi connectivity index (χ0) is 11.9. The number of benzene rings is 1. The van der Waals surface area contributed by atoms with Gasteiger partial charge in [0.25, 0.3) is 0 Å². The summed E-state index contributed by atoms with van der Waals surface area (Å²) in [7, 11) is 0. The van der Waals surface area contributed by atoms with Gasteiger partial charge in [-0.1, -0.05) is 6.07 Å². The van der Waals surface area contributed by atoms with E-state index in [2.05, 4.69) is 0 Å². The van der Waals surface area contributed by atoms with Gasteiger partial charge >= 0.3 is 6.18 Å². The topological polar surface area (TPSA) is 20.3 Å². The van der Waals surface area contributed by atoms with Crippen molar-refractivity contribution >= 4 is 5.91 Å². The normalized spacial score (nSPS) is 15.1. The van der Waals surface area contributed by atoms with E-state index in [0.717, 1.165) is 17.7 Å². The zero-order valence-electron chi connectivity index (χ0n) is 8.64. The van der Waals surface area contributed by atoms with Gasteiger partial charge in [0.15, 0.2) is 0 Å². The van der Waals surface area contributed by atoms with Crippen LogP contribution in [0, 0.1) is 0 Å². The number of hydrogen-bond donors (Lipinski definition) is 0. The lowest BCUT2D eigenvalue weighted by atomic mass is 10.1. The number of alkyl halides is 3. The summed E-state index contributed by atoms with van der Waals surface area (Å²) in [6.45, 7) is 2.09. The SMILES string of the molecule is CC(=O)N1Cc2ccc(C(F)(F)F)cc2C1. The minimum absolute atomic E-state index is 0.121. The molecule has 1 aromatic rings. The number of carbonyl (C=O) groups is 1. The number of rotatable bonds is 0. The third kappa shape index (κ3) is 1.89. The second-order valence-corrected chi connectivity index (χ2v) is 3.86. The van der Waals surface area contributed by atoms with Crippen LogP contribution in [-0.4, -0.2) is 10.8 Å². The molecule has 16 heavy (non-hydrogen) atoms. The Morgan fingerprint density at radius 3 is 2.44 bits per heavy atom. The molecule has 1 amide bonds. The fourth-order valence-electron chi connectivity index (χ4n) is 1.79. The molecule has 0 atom stereocenters. The van der Waals surface area contributed by atoms with Crippen LogP contribution in [0.15, 0.2) is 18.2 Å². The van der Waals surface area contributed by atoms with Crippen molar-refractivity contribution in [1.82, 2.24) is 4.90 Å². The average Bonchev–Trinajstić information content (AvgIpc) is 2.58. The molecule has 1 aromatic carbocycles. The number of hydrogen-bond acceptors (Lipinski definition) is 1. The molecule has 0 N–H and O–H groups in total. The highest BCUT2D eigenvalue weighted by Crippen LogP contribution is 2.33. The summed E-state index contributed by atoms with van der Waals surface area (Å²) in [6.07, 6.45) is -4.32. The van der Waals surface area contributed by atoms with Gasteiger partial charge in [0.05, 0.1) is 5.56 Å². The molecular formula is C11H10F3NO. The molecule has 2 rings (SSSR count). The highest BCUT2D eigenvalue weighted by Gasteiger charge is 2.32. The second-order valence-electron chi connectivity index (χ2n) is 3.86. The molecule has 86 valence electrons. The first-order chi connectivity index (χ1) is 7.38.